The highest BCUT2D eigenvalue weighted by Gasteiger charge is 2.15. The maximum Gasteiger partial charge on any atom is 0.270 e. The Bertz CT molecular complexity index is 648. The number of carbonyl (C=O) groups is 1. The second-order valence-corrected chi connectivity index (χ2v) is 5.88. The first-order valence-corrected chi connectivity index (χ1v) is 7.69. The number of aliphatic hydroxyl groups excluding tert-OH is 1. The Kier molecular flexibility index (Phi) is 5.41. The molecule has 0 aliphatic rings. The summed E-state index contributed by atoms with van der Waals surface area (Å²) < 4.78 is 0. The fourth-order valence-electron chi connectivity index (χ4n) is 1.65. The third-order valence-corrected chi connectivity index (χ3v) is 4.15. The minimum absolute atomic E-state index is 0.0343. The van der Waals surface area contributed by atoms with Crippen LogP contribution in [0.3, 0.4) is 0 Å². The Hall–Kier alpha value is -1.34. The minimum Gasteiger partial charge on any atom is -0.387 e. The van der Waals surface area contributed by atoms with E-state index in [1.807, 2.05) is 0 Å². The summed E-state index contributed by atoms with van der Waals surface area (Å²) in [5, 5.41) is 18.7. The monoisotopic (exact) mass is 345 g/mol. The lowest BCUT2D eigenvalue weighted by molar-refractivity contribution is 0.0912. The molecule has 0 saturated heterocycles. The van der Waals surface area contributed by atoms with Crippen LogP contribution in [-0.4, -0.2) is 29.6 Å². The molecule has 0 spiro atoms. The lowest BCUT2D eigenvalue weighted by Gasteiger charge is -2.13. The van der Waals surface area contributed by atoms with Gasteiger partial charge in [0.25, 0.3) is 5.91 Å². The van der Waals surface area contributed by atoms with Gasteiger partial charge in [-0.15, -0.1) is 11.3 Å². The van der Waals surface area contributed by atoms with Crippen LogP contribution in [0.4, 0.5) is 5.13 Å². The van der Waals surface area contributed by atoms with Crippen molar-refractivity contribution in [3.63, 3.8) is 0 Å². The van der Waals surface area contributed by atoms with Crippen molar-refractivity contribution in [3.05, 3.63) is 44.9 Å². The summed E-state index contributed by atoms with van der Waals surface area (Å²) in [7, 11) is 1.73. The summed E-state index contributed by atoms with van der Waals surface area (Å²) in [6.07, 6.45) is -0.916. The molecular weight excluding hydrogens is 333 g/mol. The van der Waals surface area contributed by atoms with Crippen LogP contribution in [0.25, 0.3) is 0 Å². The van der Waals surface area contributed by atoms with Crippen LogP contribution in [0.15, 0.2) is 23.6 Å². The highest BCUT2D eigenvalue weighted by atomic mass is 35.5. The molecule has 112 valence electrons. The number of rotatable bonds is 5. The Balaban J connectivity index is 1.97. The summed E-state index contributed by atoms with van der Waals surface area (Å²) in [6.45, 7) is 0.0343. The van der Waals surface area contributed by atoms with Crippen molar-refractivity contribution < 1.29 is 9.90 Å². The molecule has 1 aromatic carbocycles. The smallest absolute Gasteiger partial charge is 0.270 e. The maximum atomic E-state index is 11.9. The lowest BCUT2D eigenvalue weighted by atomic mass is 10.1. The number of aliphatic hydroxyl groups is 1. The van der Waals surface area contributed by atoms with Crippen LogP contribution in [0.1, 0.15) is 22.2 Å². The third-order valence-electron chi connectivity index (χ3n) is 2.73. The second kappa shape index (κ2) is 7.09. The summed E-state index contributed by atoms with van der Waals surface area (Å²) >= 11 is 13.1. The Morgan fingerprint density at radius 2 is 2.24 bits per heavy atom. The Labute approximate surface area is 135 Å². The highest BCUT2D eigenvalue weighted by molar-refractivity contribution is 7.13. The van der Waals surface area contributed by atoms with Gasteiger partial charge in [-0.3, -0.25) is 4.79 Å². The zero-order valence-corrected chi connectivity index (χ0v) is 13.4. The number of anilines is 1. The van der Waals surface area contributed by atoms with E-state index in [1.165, 1.54) is 11.3 Å². The predicted octanol–water partition coefficient (Wildman–Crippen LogP) is 2.96. The fraction of sp³-hybridized carbons (Fsp3) is 0.231. The van der Waals surface area contributed by atoms with Gasteiger partial charge in [-0.05, 0) is 12.1 Å². The van der Waals surface area contributed by atoms with Crippen LogP contribution < -0.4 is 10.6 Å². The van der Waals surface area contributed by atoms with Gasteiger partial charge in [0.15, 0.2) is 5.13 Å². The number of nitrogens with zero attached hydrogens (tertiary/aromatic N) is 1. The molecule has 3 N–H and O–H groups in total. The molecular formula is C13H13Cl2N3O2S. The largest absolute Gasteiger partial charge is 0.387 e. The van der Waals surface area contributed by atoms with Gasteiger partial charge in [-0.2, -0.15) is 0 Å². The van der Waals surface area contributed by atoms with Gasteiger partial charge in [0.2, 0.25) is 0 Å². The number of hydrogen-bond acceptors (Lipinski definition) is 5. The quantitative estimate of drug-likeness (QED) is 0.778. The summed E-state index contributed by atoms with van der Waals surface area (Å²) in [5.41, 5.74) is 0.814. The van der Waals surface area contributed by atoms with Crippen LogP contribution in [0, 0.1) is 0 Å². The number of thiazole rings is 1. The molecule has 1 amide bonds. The Morgan fingerprint density at radius 3 is 2.86 bits per heavy atom. The van der Waals surface area contributed by atoms with Gasteiger partial charge in [0.1, 0.15) is 5.69 Å². The normalized spacial score (nSPS) is 12.0. The van der Waals surface area contributed by atoms with Gasteiger partial charge < -0.3 is 15.7 Å². The van der Waals surface area contributed by atoms with E-state index in [9.17, 15) is 9.90 Å². The number of amides is 1. The van der Waals surface area contributed by atoms with Gasteiger partial charge in [-0.25, -0.2) is 4.98 Å². The van der Waals surface area contributed by atoms with E-state index in [-0.39, 0.29) is 12.5 Å². The average Bonchev–Trinajstić information content (AvgIpc) is 2.93. The molecule has 0 bridgehead atoms. The SMILES string of the molecule is CNc1nc(C(=O)NCC(O)c2ccc(Cl)cc2Cl)cs1. The molecule has 1 atom stereocenters. The minimum atomic E-state index is -0.916. The molecule has 1 aromatic heterocycles. The highest BCUT2D eigenvalue weighted by Crippen LogP contribution is 2.26. The number of halogens is 2. The standard InChI is InChI=1S/C13H13Cl2N3O2S/c1-16-13-18-10(6-21-13)12(20)17-5-11(19)8-3-2-7(14)4-9(8)15/h2-4,6,11,19H,5H2,1H3,(H,16,18)(H,17,20). The van der Waals surface area contributed by atoms with E-state index >= 15 is 0 Å². The molecule has 5 nitrogen and oxygen atoms in total. The molecule has 1 unspecified atom stereocenters. The Morgan fingerprint density at radius 1 is 1.48 bits per heavy atom. The first-order valence-electron chi connectivity index (χ1n) is 6.05. The van der Waals surface area contributed by atoms with Gasteiger partial charge in [0.05, 0.1) is 6.10 Å². The molecule has 0 aliphatic heterocycles. The van der Waals surface area contributed by atoms with E-state index in [2.05, 4.69) is 15.6 Å². The average molecular weight is 346 g/mol. The fourth-order valence-corrected chi connectivity index (χ4v) is 2.84. The number of nitrogens with one attached hydrogen (secondary N) is 2. The number of carbonyl (C=O) groups excluding carboxylic acids is 1. The van der Waals surface area contributed by atoms with E-state index in [0.717, 1.165) is 0 Å². The first-order chi connectivity index (χ1) is 10.0. The third kappa shape index (κ3) is 4.07. The molecule has 1 heterocycles. The summed E-state index contributed by atoms with van der Waals surface area (Å²) in [5.74, 6) is -0.350. The number of hydrogen-bond donors (Lipinski definition) is 3. The van der Waals surface area contributed by atoms with E-state index in [0.29, 0.717) is 26.4 Å². The van der Waals surface area contributed by atoms with Gasteiger partial charge in [-0.1, -0.05) is 29.3 Å². The molecule has 2 rings (SSSR count). The van der Waals surface area contributed by atoms with Crippen molar-refractivity contribution in [3.8, 4) is 0 Å². The van der Waals surface area contributed by atoms with Crippen LogP contribution >= 0.6 is 34.5 Å². The molecule has 0 saturated carbocycles. The topological polar surface area (TPSA) is 74.2 Å². The second-order valence-electron chi connectivity index (χ2n) is 4.18. The molecule has 8 heteroatoms. The first kappa shape index (κ1) is 16.0. The zero-order chi connectivity index (χ0) is 15.4. The van der Waals surface area contributed by atoms with Crippen LogP contribution in [-0.2, 0) is 0 Å². The predicted molar refractivity (Wildman–Crippen MR) is 85.4 cm³/mol. The lowest BCUT2D eigenvalue weighted by Crippen LogP contribution is -2.28. The number of benzene rings is 1. The van der Waals surface area contributed by atoms with Gasteiger partial charge >= 0.3 is 0 Å². The van der Waals surface area contributed by atoms with Crippen LogP contribution in [0.2, 0.25) is 10.0 Å². The molecule has 0 fully saturated rings. The van der Waals surface area contributed by atoms with Crippen molar-refractivity contribution in [2.45, 2.75) is 6.10 Å². The molecule has 0 radical (unpaired) electrons. The molecule has 21 heavy (non-hydrogen) atoms. The maximum absolute atomic E-state index is 11.9. The number of aromatic nitrogens is 1. The zero-order valence-electron chi connectivity index (χ0n) is 11.1. The van der Waals surface area contributed by atoms with Crippen molar-refractivity contribution >= 4 is 45.6 Å². The summed E-state index contributed by atoms with van der Waals surface area (Å²) in [4.78, 5) is 16.0. The van der Waals surface area contributed by atoms with Crippen molar-refractivity contribution in [1.82, 2.24) is 10.3 Å². The molecule has 0 aliphatic carbocycles. The van der Waals surface area contributed by atoms with Gasteiger partial charge in [0, 0.05) is 34.6 Å². The van der Waals surface area contributed by atoms with Crippen molar-refractivity contribution in [2.24, 2.45) is 0 Å². The van der Waals surface area contributed by atoms with E-state index < -0.39 is 6.10 Å². The van der Waals surface area contributed by atoms with Crippen molar-refractivity contribution in [1.29, 1.82) is 0 Å². The molecule has 2 aromatic rings. The van der Waals surface area contributed by atoms with E-state index in [1.54, 1.807) is 30.6 Å². The van der Waals surface area contributed by atoms with E-state index in [4.69, 9.17) is 23.2 Å². The summed E-state index contributed by atoms with van der Waals surface area (Å²) in [6, 6.07) is 4.81. The van der Waals surface area contributed by atoms with Crippen molar-refractivity contribution in [2.75, 3.05) is 18.9 Å². The van der Waals surface area contributed by atoms with Crippen LogP contribution in [0.5, 0.6) is 0 Å².